The van der Waals surface area contributed by atoms with Crippen molar-refractivity contribution >= 4 is 43.7 Å². The third kappa shape index (κ3) is 29.3. The molecule has 0 aromatic carbocycles. The Kier molecular flexibility index (Phi) is 19.0. The van der Waals surface area contributed by atoms with Crippen molar-refractivity contribution in [3.8, 4) is 0 Å². The Bertz CT molecular complexity index is 120. The van der Waals surface area contributed by atoms with E-state index >= 15 is 0 Å². The highest BCUT2D eigenvalue weighted by Gasteiger charge is 2.10. The molecule has 1 nitrogen and oxygen atoms in total. The Morgan fingerprint density at radius 2 is 0.938 bits per heavy atom. The van der Waals surface area contributed by atoms with Crippen molar-refractivity contribution in [2.45, 2.75) is 20.8 Å². The van der Waals surface area contributed by atoms with Crippen LogP contribution in [0.25, 0.3) is 0 Å². The van der Waals surface area contributed by atoms with Crippen LogP contribution in [0.3, 0.4) is 0 Å². The van der Waals surface area contributed by atoms with Crippen LogP contribution in [0.2, 0.25) is 0 Å². The molecule has 0 saturated heterocycles. The molecule has 98 valence electrons. The molecule has 0 saturated carbocycles. The van der Waals surface area contributed by atoms with E-state index in [4.69, 9.17) is 0 Å². The fourth-order valence-electron chi connectivity index (χ4n) is 0.671. The topological polar surface area (TPSA) is 0 Å². The highest BCUT2D eigenvalue weighted by atomic mass is 79.9. The fourth-order valence-corrected chi connectivity index (χ4v) is 0.671. The fraction of sp³-hybridized carbons (Fsp3) is 1.00. The van der Waals surface area contributed by atoms with Crippen LogP contribution >= 0.6 is 31.5 Å². The quantitative estimate of drug-likeness (QED) is 0.397. The van der Waals surface area contributed by atoms with Gasteiger partial charge in [0.15, 0.2) is 0 Å². The van der Waals surface area contributed by atoms with Gasteiger partial charge in [-0.05, 0) is 20.8 Å². The maximum Gasteiger partial charge on any atom is 0.616 e. The Balaban J connectivity index is -0.000000179. The highest BCUT2D eigenvalue weighted by Crippen LogP contribution is 1.97. The van der Waals surface area contributed by atoms with Crippen LogP contribution < -0.4 is 0 Å². The lowest BCUT2D eigenvalue weighted by molar-refractivity contribution is -0.904. The van der Waals surface area contributed by atoms with Gasteiger partial charge < -0.3 is 4.48 Å². The van der Waals surface area contributed by atoms with Gasteiger partial charge in [0, 0.05) is 0 Å². The lowest BCUT2D eigenvalue weighted by Gasteiger charge is -2.30. The summed E-state index contributed by atoms with van der Waals surface area (Å²) in [5.74, 6) is 0. The van der Waals surface area contributed by atoms with E-state index < -0.39 is 12.2 Å². The molecule has 0 aliphatic carbocycles. The van der Waals surface area contributed by atoms with Crippen LogP contribution in [0, 0.1) is 0 Å². The maximum absolute atomic E-state index is 10.2. The van der Waals surface area contributed by atoms with Crippen molar-refractivity contribution in [3.05, 3.63) is 0 Å². The summed E-state index contributed by atoms with van der Waals surface area (Å²) in [7, 11) is 2.29. The zero-order chi connectivity index (χ0) is 13.8. The van der Waals surface area contributed by atoms with Crippen molar-refractivity contribution in [3.63, 3.8) is 0 Å². The van der Waals surface area contributed by atoms with E-state index in [1.54, 1.807) is 0 Å². The molecule has 0 aromatic rings. The van der Waals surface area contributed by atoms with Crippen molar-refractivity contribution < 1.29 is 21.7 Å². The van der Waals surface area contributed by atoms with Gasteiger partial charge in [0.25, 0.3) is 0 Å². The minimum Gasteiger partial charge on any atom is -0.327 e. The van der Waals surface area contributed by atoms with Gasteiger partial charge >= 0.3 is 12.2 Å². The Morgan fingerprint density at radius 3 is 0.938 bits per heavy atom. The molecule has 0 bridgehead atoms. The smallest absolute Gasteiger partial charge is 0.327 e. The summed E-state index contributed by atoms with van der Waals surface area (Å²) in [6.07, 6.45) is -4.71. The average Bonchev–Trinajstić information content (AvgIpc) is 2.15. The number of nitrogens with zero attached hydrogens (tertiary/aromatic N) is 1. The van der Waals surface area contributed by atoms with E-state index in [2.05, 4.69) is 27.8 Å². The Hall–Kier alpha value is 0.770. The molecular formula is C7H18B2Br2F4N+. The summed E-state index contributed by atoms with van der Waals surface area (Å²) < 4.78 is 42.2. The molecule has 0 fully saturated rings. The molecule has 0 rings (SSSR count). The number of halogens is 6. The second kappa shape index (κ2) is 13.8. The summed E-state index contributed by atoms with van der Waals surface area (Å²) in [6.45, 7) is 10.5. The predicted octanol–water partition coefficient (Wildman–Crippen LogP) is 4.10. The van der Waals surface area contributed by atoms with Crippen LogP contribution in [0.1, 0.15) is 20.8 Å². The zero-order valence-electron chi connectivity index (χ0n) is 9.99. The van der Waals surface area contributed by atoms with Gasteiger partial charge in [-0.25, -0.2) is 0 Å². The molecule has 0 radical (unpaired) electrons. The third-order valence-corrected chi connectivity index (χ3v) is 2.29. The van der Waals surface area contributed by atoms with Gasteiger partial charge in [-0.3, -0.25) is 17.3 Å². The molecule has 0 N–H and O–H groups in total. The molecule has 0 unspecified atom stereocenters. The lowest BCUT2D eigenvalue weighted by atomic mass is 10.4. The minimum absolute atomic E-state index is 1.21. The van der Waals surface area contributed by atoms with Gasteiger partial charge in [-0.1, -0.05) is 31.5 Å². The van der Waals surface area contributed by atoms with E-state index in [1.807, 2.05) is 31.5 Å². The normalized spacial score (nSPS) is 9.38. The van der Waals surface area contributed by atoms with Gasteiger partial charge in [-0.2, -0.15) is 0 Å². The van der Waals surface area contributed by atoms with Gasteiger partial charge in [0.1, 0.15) is 0 Å². The average molecular weight is 374 g/mol. The van der Waals surface area contributed by atoms with Crippen LogP contribution in [0.15, 0.2) is 0 Å². The highest BCUT2D eigenvalue weighted by molar-refractivity contribution is 9.24. The molecule has 0 heterocycles. The lowest BCUT2D eigenvalue weighted by Crippen LogP contribution is -2.42. The van der Waals surface area contributed by atoms with Crippen LogP contribution in [-0.2, 0) is 0 Å². The van der Waals surface area contributed by atoms with E-state index in [1.165, 1.54) is 24.1 Å². The van der Waals surface area contributed by atoms with Crippen LogP contribution in [-0.4, -0.2) is 43.3 Å². The van der Waals surface area contributed by atoms with E-state index in [0.717, 1.165) is 0 Å². The van der Waals surface area contributed by atoms with Crippen molar-refractivity contribution in [2.75, 3.05) is 26.7 Å². The minimum atomic E-state index is -2.35. The Morgan fingerprint density at radius 1 is 0.812 bits per heavy atom. The van der Waals surface area contributed by atoms with E-state index in [9.17, 15) is 17.3 Å². The molecule has 0 aliphatic heterocycles. The molecule has 0 aromatic heterocycles. The molecular weight excluding hydrogens is 356 g/mol. The second-order valence-electron chi connectivity index (χ2n) is 3.06. The predicted molar refractivity (Wildman–Crippen MR) is 71.6 cm³/mol. The molecule has 0 aliphatic rings. The first-order valence-corrected chi connectivity index (χ1v) is 6.66. The van der Waals surface area contributed by atoms with Crippen LogP contribution in [0.4, 0.5) is 17.3 Å². The van der Waals surface area contributed by atoms with E-state index in [-0.39, 0.29) is 0 Å². The zero-order valence-corrected chi connectivity index (χ0v) is 13.2. The Labute approximate surface area is 113 Å². The largest absolute Gasteiger partial charge is 0.616 e. The summed E-state index contributed by atoms with van der Waals surface area (Å²) in [4.78, 5) is 0. The summed E-state index contributed by atoms with van der Waals surface area (Å²) in [6, 6.07) is 0. The standard InChI is InChI=1S/C7H18N.2BBrF2/c1-5-8(4,6-2)7-3;2*2-1(3)4/h5-7H2,1-4H3;;/q+1;;. The van der Waals surface area contributed by atoms with Crippen molar-refractivity contribution in [2.24, 2.45) is 0 Å². The number of hydrogen-bond donors (Lipinski definition) is 0. The molecule has 0 atom stereocenters. The molecule has 0 amide bonds. The van der Waals surface area contributed by atoms with Crippen molar-refractivity contribution in [1.29, 1.82) is 0 Å². The first-order chi connectivity index (χ1) is 7.15. The number of quaternary nitrogens is 1. The molecule has 0 spiro atoms. The summed E-state index contributed by atoms with van der Waals surface area (Å²) in [5.41, 5.74) is 0. The van der Waals surface area contributed by atoms with Gasteiger partial charge in [0.2, 0.25) is 0 Å². The monoisotopic (exact) mass is 372 g/mol. The summed E-state index contributed by atoms with van der Waals surface area (Å²) in [5, 5.41) is 0. The van der Waals surface area contributed by atoms with Gasteiger partial charge in [0.05, 0.1) is 26.7 Å². The van der Waals surface area contributed by atoms with Crippen molar-refractivity contribution in [1.82, 2.24) is 0 Å². The first-order valence-electron chi connectivity index (χ1n) is 4.83. The SMILES string of the molecule is CC[N+](C)(CC)CC.FB(F)Br.FB(F)Br. The third-order valence-electron chi connectivity index (χ3n) is 2.29. The number of rotatable bonds is 3. The second-order valence-corrected chi connectivity index (χ2v) is 4.45. The molecule has 16 heavy (non-hydrogen) atoms. The molecule has 9 heteroatoms. The van der Waals surface area contributed by atoms with Crippen LogP contribution in [0.5, 0.6) is 0 Å². The maximum atomic E-state index is 10.2. The summed E-state index contributed by atoms with van der Waals surface area (Å²) >= 11 is 3.88. The number of hydrogen-bond acceptors (Lipinski definition) is 0. The van der Waals surface area contributed by atoms with Gasteiger partial charge in [-0.15, -0.1) is 0 Å². The first kappa shape index (κ1) is 22.0. The van der Waals surface area contributed by atoms with E-state index in [0.29, 0.717) is 0 Å².